The van der Waals surface area contributed by atoms with E-state index in [4.69, 9.17) is 16.0 Å². The van der Waals surface area contributed by atoms with Gasteiger partial charge in [0.1, 0.15) is 11.5 Å². The number of carbonyl (C=O) groups excluding carboxylic acids is 2. The highest BCUT2D eigenvalue weighted by Gasteiger charge is 2.13. The normalized spacial score (nSPS) is 10.7. The zero-order chi connectivity index (χ0) is 20.8. The summed E-state index contributed by atoms with van der Waals surface area (Å²) < 4.78 is 5.52. The molecular formula is C19H13ClN4O5. The zero-order valence-electron chi connectivity index (χ0n) is 14.7. The number of anilines is 1. The van der Waals surface area contributed by atoms with Crippen LogP contribution in [0.15, 0.2) is 70.2 Å². The Kier molecular flexibility index (Phi) is 6.00. The Labute approximate surface area is 169 Å². The van der Waals surface area contributed by atoms with Crippen LogP contribution in [0.4, 0.5) is 11.4 Å². The van der Waals surface area contributed by atoms with Gasteiger partial charge in [-0.05, 0) is 36.4 Å². The number of hydrogen-bond acceptors (Lipinski definition) is 6. The Morgan fingerprint density at radius 3 is 2.55 bits per heavy atom. The second-order valence-corrected chi connectivity index (χ2v) is 6.11. The average Bonchev–Trinajstić information content (AvgIpc) is 3.18. The van der Waals surface area contributed by atoms with Gasteiger partial charge in [0.05, 0.1) is 11.1 Å². The monoisotopic (exact) mass is 412 g/mol. The molecule has 3 rings (SSSR count). The number of nitro groups is 1. The van der Waals surface area contributed by atoms with Gasteiger partial charge in [-0.3, -0.25) is 19.7 Å². The molecule has 0 aliphatic rings. The summed E-state index contributed by atoms with van der Waals surface area (Å²) in [7, 11) is 0. The number of benzene rings is 2. The highest BCUT2D eigenvalue weighted by Crippen LogP contribution is 2.25. The molecule has 2 aromatic carbocycles. The van der Waals surface area contributed by atoms with Crippen molar-refractivity contribution in [1.29, 1.82) is 0 Å². The number of nitro benzene ring substituents is 1. The molecule has 3 aromatic rings. The molecule has 0 atom stereocenters. The smallest absolute Gasteiger partial charge is 0.329 e. The molecule has 0 aliphatic carbocycles. The minimum absolute atomic E-state index is 0.0620. The number of nitrogens with one attached hydrogen (secondary N) is 2. The summed E-state index contributed by atoms with van der Waals surface area (Å²) in [5, 5.41) is 17.4. The third-order valence-corrected chi connectivity index (χ3v) is 3.89. The second-order valence-electron chi connectivity index (χ2n) is 5.67. The summed E-state index contributed by atoms with van der Waals surface area (Å²) >= 11 is 5.75. The van der Waals surface area contributed by atoms with E-state index in [-0.39, 0.29) is 11.4 Å². The highest BCUT2D eigenvalue weighted by atomic mass is 35.5. The lowest BCUT2D eigenvalue weighted by Crippen LogP contribution is -2.32. The van der Waals surface area contributed by atoms with Gasteiger partial charge in [-0.25, -0.2) is 5.43 Å². The number of hydrogen-bond donors (Lipinski definition) is 2. The molecule has 1 aromatic heterocycles. The Hall–Kier alpha value is -3.98. The quantitative estimate of drug-likeness (QED) is 0.286. The fraction of sp³-hybridized carbons (Fsp3) is 0. The number of non-ortho nitro benzene ring substituents is 1. The summed E-state index contributed by atoms with van der Waals surface area (Å²) in [6, 6.07) is 15.4. The second kappa shape index (κ2) is 8.81. The van der Waals surface area contributed by atoms with Crippen LogP contribution in [0.3, 0.4) is 0 Å². The highest BCUT2D eigenvalue weighted by molar-refractivity contribution is 6.39. The van der Waals surface area contributed by atoms with Crippen molar-refractivity contribution in [2.75, 3.05) is 5.32 Å². The first-order valence-corrected chi connectivity index (χ1v) is 8.55. The maximum Gasteiger partial charge on any atom is 0.329 e. The molecule has 9 nitrogen and oxygen atoms in total. The van der Waals surface area contributed by atoms with E-state index in [1.807, 2.05) is 0 Å². The molecule has 0 bridgehead atoms. The van der Waals surface area contributed by atoms with Gasteiger partial charge in [-0.2, -0.15) is 5.10 Å². The summed E-state index contributed by atoms with van der Waals surface area (Å²) in [6.07, 6.45) is 1.20. The molecule has 0 spiro atoms. The Morgan fingerprint density at radius 2 is 1.83 bits per heavy atom. The van der Waals surface area contributed by atoms with Gasteiger partial charge in [0.15, 0.2) is 0 Å². The molecule has 1 heterocycles. The van der Waals surface area contributed by atoms with E-state index in [1.165, 1.54) is 18.3 Å². The number of nitrogens with zero attached hydrogens (tertiary/aromatic N) is 2. The predicted octanol–water partition coefficient (Wildman–Crippen LogP) is 3.60. The minimum atomic E-state index is -0.971. The van der Waals surface area contributed by atoms with E-state index in [2.05, 4.69) is 15.8 Å². The van der Waals surface area contributed by atoms with Crippen molar-refractivity contribution in [3.05, 3.63) is 81.6 Å². The van der Waals surface area contributed by atoms with Crippen molar-refractivity contribution < 1.29 is 18.9 Å². The molecule has 0 unspecified atom stereocenters. The molecule has 0 fully saturated rings. The fourth-order valence-electron chi connectivity index (χ4n) is 2.28. The van der Waals surface area contributed by atoms with Gasteiger partial charge < -0.3 is 9.73 Å². The van der Waals surface area contributed by atoms with Gasteiger partial charge >= 0.3 is 11.8 Å². The standard InChI is InChI=1S/C19H13ClN4O5/c20-13-4-6-14(7-5-13)22-18(25)19(26)23-21-11-16-8-9-17(29-16)12-2-1-3-15(10-12)24(27)28/h1-11H,(H,22,25)(H,23,26)/b21-11+. The molecule has 2 amide bonds. The molecule has 29 heavy (non-hydrogen) atoms. The van der Waals surface area contributed by atoms with Gasteiger partial charge in [-0.15, -0.1) is 0 Å². The number of halogens is 1. The van der Waals surface area contributed by atoms with Crippen LogP contribution in [-0.4, -0.2) is 23.0 Å². The predicted molar refractivity (Wildman–Crippen MR) is 107 cm³/mol. The van der Waals surface area contributed by atoms with Crippen LogP contribution in [0.25, 0.3) is 11.3 Å². The van der Waals surface area contributed by atoms with Crippen LogP contribution in [0, 0.1) is 10.1 Å². The summed E-state index contributed by atoms with van der Waals surface area (Å²) in [4.78, 5) is 33.9. The first-order chi connectivity index (χ1) is 13.9. The van der Waals surface area contributed by atoms with Crippen LogP contribution < -0.4 is 10.7 Å². The lowest BCUT2D eigenvalue weighted by atomic mass is 10.1. The van der Waals surface area contributed by atoms with Crippen LogP contribution in [0.1, 0.15) is 5.76 Å². The minimum Gasteiger partial charge on any atom is -0.455 e. The third-order valence-electron chi connectivity index (χ3n) is 3.63. The van der Waals surface area contributed by atoms with Gasteiger partial charge in [0.25, 0.3) is 5.69 Å². The number of furan rings is 1. The lowest BCUT2D eigenvalue weighted by molar-refractivity contribution is -0.384. The maximum atomic E-state index is 11.8. The number of carbonyl (C=O) groups is 2. The SMILES string of the molecule is O=C(N/N=C/c1ccc(-c2cccc([N+](=O)[O-])c2)o1)C(=O)Nc1ccc(Cl)cc1. The summed E-state index contributed by atoms with van der Waals surface area (Å²) in [5.74, 6) is -1.20. The molecule has 146 valence electrons. The van der Waals surface area contributed by atoms with Crippen LogP contribution in [-0.2, 0) is 9.59 Å². The molecular weight excluding hydrogens is 400 g/mol. The Balaban J connectivity index is 1.58. The van der Waals surface area contributed by atoms with Crippen molar-refractivity contribution in [2.45, 2.75) is 0 Å². The first kappa shape index (κ1) is 19.8. The van der Waals surface area contributed by atoms with Crippen molar-refractivity contribution in [3.63, 3.8) is 0 Å². The largest absolute Gasteiger partial charge is 0.455 e. The topological polar surface area (TPSA) is 127 Å². The van der Waals surface area contributed by atoms with Crippen LogP contribution >= 0.6 is 11.6 Å². The van der Waals surface area contributed by atoms with E-state index in [0.717, 1.165) is 0 Å². The summed E-state index contributed by atoms with van der Waals surface area (Å²) in [6.45, 7) is 0. The van der Waals surface area contributed by atoms with Gasteiger partial charge in [0.2, 0.25) is 0 Å². The lowest BCUT2D eigenvalue weighted by Gasteiger charge is -2.03. The van der Waals surface area contributed by atoms with E-state index in [0.29, 0.717) is 22.0 Å². The molecule has 10 heteroatoms. The first-order valence-electron chi connectivity index (χ1n) is 8.17. The van der Waals surface area contributed by atoms with E-state index < -0.39 is 16.7 Å². The van der Waals surface area contributed by atoms with Crippen molar-refractivity contribution in [2.24, 2.45) is 5.10 Å². The zero-order valence-corrected chi connectivity index (χ0v) is 15.4. The van der Waals surface area contributed by atoms with Crippen LogP contribution in [0.2, 0.25) is 5.02 Å². The fourth-order valence-corrected chi connectivity index (χ4v) is 2.40. The average molecular weight is 413 g/mol. The molecule has 0 saturated carbocycles. The molecule has 0 saturated heterocycles. The van der Waals surface area contributed by atoms with E-state index in [1.54, 1.807) is 48.5 Å². The molecule has 0 radical (unpaired) electrons. The molecule has 2 N–H and O–H groups in total. The maximum absolute atomic E-state index is 11.8. The van der Waals surface area contributed by atoms with E-state index >= 15 is 0 Å². The Morgan fingerprint density at radius 1 is 1.07 bits per heavy atom. The van der Waals surface area contributed by atoms with Crippen LogP contribution in [0.5, 0.6) is 0 Å². The van der Waals surface area contributed by atoms with Gasteiger partial charge in [0, 0.05) is 28.4 Å². The Bertz CT molecular complexity index is 1090. The number of rotatable bonds is 5. The number of amides is 2. The van der Waals surface area contributed by atoms with Gasteiger partial charge in [-0.1, -0.05) is 23.7 Å². The van der Waals surface area contributed by atoms with Crippen molar-refractivity contribution >= 4 is 41.0 Å². The van der Waals surface area contributed by atoms with Crippen molar-refractivity contribution in [1.82, 2.24) is 5.43 Å². The van der Waals surface area contributed by atoms with Crippen molar-refractivity contribution in [3.8, 4) is 11.3 Å². The summed E-state index contributed by atoms with van der Waals surface area (Å²) in [5.41, 5.74) is 2.94. The number of hydrazone groups is 1. The third kappa shape index (κ3) is 5.27. The molecule has 0 aliphatic heterocycles. The van der Waals surface area contributed by atoms with E-state index in [9.17, 15) is 19.7 Å².